The summed E-state index contributed by atoms with van der Waals surface area (Å²) >= 11 is 3.19. The first kappa shape index (κ1) is 9.07. The van der Waals surface area contributed by atoms with E-state index in [2.05, 4.69) is 25.9 Å². The Bertz CT molecular complexity index is 522. The molecule has 0 aliphatic carbocycles. The van der Waals surface area contributed by atoms with Crippen molar-refractivity contribution in [1.29, 1.82) is 0 Å². The average Bonchev–Trinajstić information content (AvgIpc) is 2.40. The quantitative estimate of drug-likeness (QED) is 0.575. The number of aryl methyl sites for hydroxylation is 1. The van der Waals surface area contributed by atoms with Crippen LogP contribution < -0.4 is 0 Å². The highest BCUT2D eigenvalue weighted by atomic mass is 79.9. The highest BCUT2D eigenvalue weighted by Crippen LogP contribution is 2.20. The van der Waals surface area contributed by atoms with Crippen molar-refractivity contribution in [3.05, 3.63) is 32.7 Å². The molecule has 0 atom stereocenters. The number of aromatic nitrogens is 3. The van der Waals surface area contributed by atoms with Gasteiger partial charge in [-0.25, -0.2) is 0 Å². The van der Waals surface area contributed by atoms with Crippen LogP contribution in [0.2, 0.25) is 0 Å². The van der Waals surface area contributed by atoms with Crippen molar-refractivity contribution in [3.8, 4) is 0 Å². The Labute approximate surface area is 86.9 Å². The molecule has 14 heavy (non-hydrogen) atoms. The lowest BCUT2D eigenvalue weighted by molar-refractivity contribution is -0.390. The zero-order chi connectivity index (χ0) is 10.3. The van der Waals surface area contributed by atoms with E-state index in [-0.39, 0.29) is 5.82 Å². The van der Waals surface area contributed by atoms with Crippen molar-refractivity contribution < 1.29 is 4.92 Å². The third-order valence-electron chi connectivity index (χ3n) is 1.76. The highest BCUT2D eigenvalue weighted by molar-refractivity contribution is 9.10. The molecule has 2 rings (SSSR count). The van der Waals surface area contributed by atoms with Crippen molar-refractivity contribution in [2.24, 2.45) is 0 Å². The topological polar surface area (TPSA) is 73.3 Å². The third-order valence-corrected chi connectivity index (χ3v) is 2.17. The van der Waals surface area contributed by atoms with Gasteiger partial charge in [0.1, 0.15) is 11.9 Å². The van der Waals surface area contributed by atoms with E-state index in [0.29, 0.717) is 15.9 Å². The minimum atomic E-state index is -0.469. The summed E-state index contributed by atoms with van der Waals surface area (Å²) in [5, 5.41) is 10.7. The zero-order valence-electron chi connectivity index (χ0n) is 7.14. The van der Waals surface area contributed by atoms with Gasteiger partial charge in [0, 0.05) is 0 Å². The van der Waals surface area contributed by atoms with Gasteiger partial charge in [-0.15, -0.1) is 0 Å². The summed E-state index contributed by atoms with van der Waals surface area (Å²) in [6.07, 6.45) is 3.12. The molecule has 0 saturated carbocycles. The summed E-state index contributed by atoms with van der Waals surface area (Å²) in [6, 6.07) is 0. The van der Waals surface area contributed by atoms with Crippen LogP contribution in [0.5, 0.6) is 0 Å². The van der Waals surface area contributed by atoms with Gasteiger partial charge in [-0.05, 0) is 27.8 Å². The highest BCUT2D eigenvalue weighted by Gasteiger charge is 2.19. The number of hydrogen-bond acceptors (Lipinski definition) is 4. The lowest BCUT2D eigenvalue weighted by atomic mass is 10.5. The Balaban J connectivity index is 2.86. The van der Waals surface area contributed by atoms with E-state index in [0.717, 1.165) is 0 Å². The molecular formula is C7H5BrN4O2. The standard InChI is InChI=1S/C7H5BrN4O2/c1-4-6(12(13)14)11-3-5(8)2-9-7(11)10-4/h2-3H,1H3. The molecule has 0 spiro atoms. The Morgan fingerprint density at radius 2 is 2.36 bits per heavy atom. The van der Waals surface area contributed by atoms with E-state index < -0.39 is 4.92 Å². The van der Waals surface area contributed by atoms with Crippen molar-refractivity contribution in [2.75, 3.05) is 0 Å². The molecule has 0 saturated heterocycles. The smallest absolute Gasteiger partial charge is 0.352 e. The van der Waals surface area contributed by atoms with Gasteiger partial charge in [0.15, 0.2) is 0 Å². The fraction of sp³-hybridized carbons (Fsp3) is 0.143. The Kier molecular flexibility index (Phi) is 1.95. The van der Waals surface area contributed by atoms with Crippen LogP contribution in [-0.2, 0) is 0 Å². The molecule has 6 nitrogen and oxygen atoms in total. The molecule has 0 N–H and O–H groups in total. The van der Waals surface area contributed by atoms with Crippen molar-refractivity contribution in [2.45, 2.75) is 6.92 Å². The first-order chi connectivity index (χ1) is 6.59. The van der Waals surface area contributed by atoms with Crippen LogP contribution in [0.25, 0.3) is 5.78 Å². The predicted molar refractivity (Wildman–Crippen MR) is 52.1 cm³/mol. The SMILES string of the molecule is Cc1nc2ncc(Br)cn2c1[N+](=O)[O-]. The van der Waals surface area contributed by atoms with Crippen molar-refractivity contribution in [3.63, 3.8) is 0 Å². The minimum Gasteiger partial charge on any atom is -0.358 e. The van der Waals surface area contributed by atoms with Gasteiger partial charge in [0.05, 0.1) is 10.7 Å². The number of halogens is 1. The van der Waals surface area contributed by atoms with Crippen LogP contribution in [-0.4, -0.2) is 19.3 Å². The molecule has 7 heteroatoms. The molecular weight excluding hydrogens is 252 g/mol. The number of nitrogens with zero attached hydrogens (tertiary/aromatic N) is 4. The van der Waals surface area contributed by atoms with Crippen LogP contribution in [0.4, 0.5) is 5.82 Å². The first-order valence-electron chi connectivity index (χ1n) is 3.74. The lowest BCUT2D eigenvalue weighted by Crippen LogP contribution is -1.96. The summed E-state index contributed by atoms with van der Waals surface area (Å²) in [6.45, 7) is 1.58. The molecule has 0 radical (unpaired) electrons. The number of hydrogen-bond donors (Lipinski definition) is 0. The molecule has 2 aromatic rings. The molecule has 0 unspecified atom stereocenters. The maximum absolute atomic E-state index is 10.7. The fourth-order valence-electron chi connectivity index (χ4n) is 1.23. The van der Waals surface area contributed by atoms with Crippen molar-refractivity contribution in [1.82, 2.24) is 14.4 Å². The second-order valence-electron chi connectivity index (χ2n) is 2.72. The molecule has 2 heterocycles. The van der Waals surface area contributed by atoms with Crippen LogP contribution in [0.3, 0.4) is 0 Å². The number of fused-ring (bicyclic) bond motifs is 1. The lowest BCUT2D eigenvalue weighted by Gasteiger charge is -1.93. The molecule has 0 fully saturated rings. The van der Waals surface area contributed by atoms with E-state index in [1.165, 1.54) is 4.40 Å². The van der Waals surface area contributed by atoms with Crippen LogP contribution in [0.15, 0.2) is 16.9 Å². The summed E-state index contributed by atoms with van der Waals surface area (Å²) in [5.74, 6) is 0.284. The average molecular weight is 257 g/mol. The number of rotatable bonds is 1. The Morgan fingerprint density at radius 3 is 3.00 bits per heavy atom. The normalized spacial score (nSPS) is 10.7. The van der Waals surface area contributed by atoms with Crippen LogP contribution >= 0.6 is 15.9 Å². The monoisotopic (exact) mass is 256 g/mol. The molecule has 0 aromatic carbocycles. The number of nitro groups is 1. The Hall–Kier alpha value is -1.50. The van der Waals surface area contributed by atoms with E-state index >= 15 is 0 Å². The molecule has 0 bridgehead atoms. The van der Waals surface area contributed by atoms with Gasteiger partial charge >= 0.3 is 11.6 Å². The molecule has 0 aliphatic rings. The number of imidazole rings is 1. The predicted octanol–water partition coefficient (Wildman–Crippen LogP) is 1.71. The van der Waals surface area contributed by atoms with Gasteiger partial charge in [-0.1, -0.05) is 0 Å². The maximum atomic E-state index is 10.7. The first-order valence-corrected chi connectivity index (χ1v) is 4.53. The van der Waals surface area contributed by atoms with E-state index in [9.17, 15) is 10.1 Å². The maximum Gasteiger partial charge on any atom is 0.352 e. The van der Waals surface area contributed by atoms with E-state index in [4.69, 9.17) is 0 Å². The van der Waals surface area contributed by atoms with Gasteiger partial charge in [0.2, 0.25) is 0 Å². The summed E-state index contributed by atoms with van der Waals surface area (Å²) < 4.78 is 2.02. The molecule has 0 aliphatic heterocycles. The zero-order valence-corrected chi connectivity index (χ0v) is 8.72. The van der Waals surface area contributed by atoms with Crippen LogP contribution in [0.1, 0.15) is 5.69 Å². The van der Waals surface area contributed by atoms with Crippen LogP contribution in [0, 0.1) is 17.0 Å². The van der Waals surface area contributed by atoms with Gasteiger partial charge < -0.3 is 10.1 Å². The minimum absolute atomic E-state index is 0.0474. The van der Waals surface area contributed by atoms with E-state index in [1.807, 2.05) is 0 Å². The molecule has 72 valence electrons. The third kappa shape index (κ3) is 1.25. The van der Waals surface area contributed by atoms with Gasteiger partial charge in [-0.2, -0.15) is 14.4 Å². The van der Waals surface area contributed by atoms with E-state index in [1.54, 1.807) is 19.3 Å². The second kappa shape index (κ2) is 3.02. The molecule has 0 amide bonds. The molecule has 2 aromatic heterocycles. The van der Waals surface area contributed by atoms with Crippen molar-refractivity contribution >= 4 is 27.5 Å². The van der Waals surface area contributed by atoms with Gasteiger partial charge in [-0.3, -0.25) is 0 Å². The summed E-state index contributed by atoms with van der Waals surface area (Å²) in [4.78, 5) is 18.2. The summed E-state index contributed by atoms with van der Waals surface area (Å²) in [5.41, 5.74) is 0.362. The fourth-order valence-corrected chi connectivity index (χ4v) is 1.54. The summed E-state index contributed by atoms with van der Waals surface area (Å²) in [7, 11) is 0. The largest absolute Gasteiger partial charge is 0.358 e. The Morgan fingerprint density at radius 1 is 1.64 bits per heavy atom. The second-order valence-corrected chi connectivity index (χ2v) is 3.64. The van der Waals surface area contributed by atoms with Gasteiger partial charge in [0.25, 0.3) is 0 Å².